The fraction of sp³-hybridized carbons (Fsp3) is 0.500. The lowest BCUT2D eigenvalue weighted by Crippen LogP contribution is -2.69. The molecule has 0 spiro atoms. The van der Waals surface area contributed by atoms with Crippen LogP contribution in [0, 0.1) is 0 Å². The van der Waals surface area contributed by atoms with Crippen LogP contribution in [0.3, 0.4) is 0 Å². The van der Waals surface area contributed by atoms with Crippen molar-refractivity contribution < 1.29 is 62.2 Å². The van der Waals surface area contributed by atoms with Crippen LogP contribution in [0.5, 0.6) is 0 Å². The van der Waals surface area contributed by atoms with E-state index in [0.29, 0.717) is 0 Å². The SMILES string of the molecule is O=C(OCC(F)(F)C(F)(F)C(F)(F)C(F)(F)C(F)(F)C(F)F)c1ccccc1. The van der Waals surface area contributed by atoms with Crippen molar-refractivity contribution in [3.8, 4) is 0 Å². The summed E-state index contributed by atoms with van der Waals surface area (Å²) in [5, 5.41) is 0. The molecule has 0 aliphatic heterocycles. The number of ether oxygens (including phenoxy) is 1. The second kappa shape index (κ2) is 7.35. The molecular formula is C14H8F12O2. The third-order valence-electron chi connectivity index (χ3n) is 3.33. The topological polar surface area (TPSA) is 26.3 Å². The minimum Gasteiger partial charge on any atom is -0.455 e. The zero-order valence-corrected chi connectivity index (χ0v) is 13.0. The number of halogens is 12. The lowest BCUT2D eigenvalue weighted by atomic mass is 9.94. The molecule has 0 radical (unpaired) electrons. The Kier molecular flexibility index (Phi) is 6.27. The van der Waals surface area contributed by atoms with E-state index in [2.05, 4.69) is 4.74 Å². The van der Waals surface area contributed by atoms with Crippen LogP contribution in [0.2, 0.25) is 0 Å². The summed E-state index contributed by atoms with van der Waals surface area (Å²) >= 11 is 0. The molecule has 0 saturated heterocycles. The molecule has 0 unspecified atom stereocenters. The molecule has 0 aromatic heterocycles. The predicted molar refractivity (Wildman–Crippen MR) is 67.5 cm³/mol. The fourth-order valence-electron chi connectivity index (χ4n) is 1.68. The number of benzene rings is 1. The number of rotatable bonds is 8. The maximum absolute atomic E-state index is 13.4. The molecule has 0 saturated carbocycles. The molecule has 28 heavy (non-hydrogen) atoms. The van der Waals surface area contributed by atoms with Gasteiger partial charge < -0.3 is 4.74 Å². The third-order valence-corrected chi connectivity index (χ3v) is 3.33. The molecule has 0 aliphatic rings. The zero-order valence-electron chi connectivity index (χ0n) is 13.0. The lowest BCUT2D eigenvalue weighted by Gasteiger charge is -2.38. The summed E-state index contributed by atoms with van der Waals surface area (Å²) in [6.07, 6.45) is -5.58. The Morgan fingerprint density at radius 3 is 1.68 bits per heavy atom. The number of esters is 1. The number of hydrogen-bond donors (Lipinski definition) is 0. The molecule has 1 aromatic carbocycles. The second-order valence-corrected chi connectivity index (χ2v) is 5.29. The predicted octanol–water partition coefficient (Wildman–Crippen LogP) is 5.29. The Labute approximate surface area is 148 Å². The summed E-state index contributed by atoms with van der Waals surface area (Å²) in [4.78, 5) is 11.4. The summed E-state index contributed by atoms with van der Waals surface area (Å²) in [7, 11) is 0. The van der Waals surface area contributed by atoms with Crippen LogP contribution in [0.1, 0.15) is 10.4 Å². The molecule has 0 aliphatic carbocycles. The normalized spacial score (nSPS) is 14.3. The standard InChI is InChI=1S/C14H8F12O2/c15-9(16)11(19,20)13(23,24)14(25,26)12(21,22)10(17,18)6-28-8(27)7-4-2-1-3-5-7/h1-5,9H,6H2. The van der Waals surface area contributed by atoms with Gasteiger partial charge in [0.15, 0.2) is 6.61 Å². The molecular weight excluding hydrogens is 428 g/mol. The van der Waals surface area contributed by atoms with Crippen LogP contribution in [0.15, 0.2) is 30.3 Å². The van der Waals surface area contributed by atoms with E-state index in [0.717, 1.165) is 24.3 Å². The van der Waals surface area contributed by atoms with Crippen molar-refractivity contribution in [3.63, 3.8) is 0 Å². The van der Waals surface area contributed by atoms with Gasteiger partial charge in [-0.25, -0.2) is 13.6 Å². The van der Waals surface area contributed by atoms with Crippen molar-refractivity contribution in [2.24, 2.45) is 0 Å². The molecule has 14 heteroatoms. The van der Waals surface area contributed by atoms with E-state index in [4.69, 9.17) is 0 Å². The summed E-state index contributed by atoms with van der Waals surface area (Å²) < 4.78 is 159. The summed E-state index contributed by atoms with van der Waals surface area (Å²) in [6.45, 7) is -2.93. The van der Waals surface area contributed by atoms with E-state index in [1.165, 1.54) is 6.07 Å². The van der Waals surface area contributed by atoms with Gasteiger partial charge >= 0.3 is 42.0 Å². The number of carbonyl (C=O) groups excluding carboxylic acids is 1. The van der Waals surface area contributed by atoms with Crippen molar-refractivity contribution in [1.82, 2.24) is 0 Å². The maximum Gasteiger partial charge on any atom is 0.384 e. The molecule has 0 N–H and O–H groups in total. The van der Waals surface area contributed by atoms with Gasteiger partial charge in [0.2, 0.25) is 0 Å². The van der Waals surface area contributed by atoms with Crippen LogP contribution in [0.4, 0.5) is 52.7 Å². The first-order valence-electron chi connectivity index (χ1n) is 6.83. The smallest absolute Gasteiger partial charge is 0.384 e. The Bertz CT molecular complexity index is 687. The van der Waals surface area contributed by atoms with Gasteiger partial charge in [0, 0.05) is 0 Å². The van der Waals surface area contributed by atoms with Crippen LogP contribution >= 0.6 is 0 Å². The van der Waals surface area contributed by atoms with E-state index in [-0.39, 0.29) is 0 Å². The number of carbonyl (C=O) groups is 1. The third kappa shape index (κ3) is 3.72. The van der Waals surface area contributed by atoms with E-state index >= 15 is 0 Å². The highest BCUT2D eigenvalue weighted by atomic mass is 19.4. The van der Waals surface area contributed by atoms with Crippen LogP contribution in [-0.2, 0) is 4.74 Å². The van der Waals surface area contributed by atoms with E-state index in [1.807, 2.05) is 0 Å². The quantitative estimate of drug-likeness (QED) is 0.409. The molecule has 1 rings (SSSR count). The van der Waals surface area contributed by atoms with Gasteiger partial charge in [-0.1, -0.05) is 18.2 Å². The summed E-state index contributed by atoms with van der Waals surface area (Å²) in [5.41, 5.74) is -0.525. The number of alkyl halides is 12. The zero-order chi connectivity index (χ0) is 22.2. The van der Waals surface area contributed by atoms with Crippen LogP contribution < -0.4 is 0 Å². The molecule has 0 bridgehead atoms. The van der Waals surface area contributed by atoms with Gasteiger partial charge in [-0.05, 0) is 12.1 Å². The lowest BCUT2D eigenvalue weighted by molar-refractivity contribution is -0.414. The fourth-order valence-corrected chi connectivity index (χ4v) is 1.68. The highest BCUT2D eigenvalue weighted by Gasteiger charge is 2.87. The largest absolute Gasteiger partial charge is 0.455 e. The van der Waals surface area contributed by atoms with Crippen LogP contribution in [-0.4, -0.2) is 48.6 Å². The van der Waals surface area contributed by atoms with Crippen LogP contribution in [0.25, 0.3) is 0 Å². The Hall–Kier alpha value is -2.15. The molecule has 0 atom stereocenters. The summed E-state index contributed by atoms with van der Waals surface area (Å²) in [6, 6.07) is 5.48. The molecule has 160 valence electrons. The molecule has 0 fully saturated rings. The van der Waals surface area contributed by atoms with Gasteiger partial charge in [0.25, 0.3) is 0 Å². The maximum atomic E-state index is 13.4. The van der Waals surface area contributed by atoms with Crippen molar-refractivity contribution in [2.45, 2.75) is 36.0 Å². The van der Waals surface area contributed by atoms with Gasteiger partial charge in [0.05, 0.1) is 5.56 Å². The van der Waals surface area contributed by atoms with E-state index in [9.17, 15) is 57.5 Å². The van der Waals surface area contributed by atoms with Crippen molar-refractivity contribution in [1.29, 1.82) is 0 Å². The minimum atomic E-state index is -7.65. The first kappa shape index (κ1) is 23.9. The molecule has 0 heterocycles. The second-order valence-electron chi connectivity index (χ2n) is 5.29. The first-order valence-corrected chi connectivity index (χ1v) is 6.83. The van der Waals surface area contributed by atoms with Crippen molar-refractivity contribution in [2.75, 3.05) is 6.61 Å². The van der Waals surface area contributed by atoms with Gasteiger partial charge in [-0.15, -0.1) is 0 Å². The highest BCUT2D eigenvalue weighted by molar-refractivity contribution is 5.89. The van der Waals surface area contributed by atoms with E-state index in [1.54, 1.807) is 0 Å². The van der Waals surface area contributed by atoms with Crippen molar-refractivity contribution in [3.05, 3.63) is 35.9 Å². The molecule has 0 amide bonds. The van der Waals surface area contributed by atoms with Gasteiger partial charge in [0.1, 0.15) is 0 Å². The number of hydrogen-bond acceptors (Lipinski definition) is 2. The average molecular weight is 436 g/mol. The highest BCUT2D eigenvalue weighted by Crippen LogP contribution is 2.58. The summed E-state index contributed by atoms with van der Waals surface area (Å²) in [5.74, 6) is -37.7. The van der Waals surface area contributed by atoms with E-state index < -0.39 is 54.2 Å². The van der Waals surface area contributed by atoms with Gasteiger partial charge in [-0.3, -0.25) is 0 Å². The van der Waals surface area contributed by atoms with Gasteiger partial charge in [-0.2, -0.15) is 43.9 Å². The average Bonchev–Trinajstić information content (AvgIpc) is 2.59. The first-order chi connectivity index (χ1) is 12.4. The minimum absolute atomic E-state index is 0.525. The molecule has 2 nitrogen and oxygen atoms in total. The Morgan fingerprint density at radius 1 is 0.786 bits per heavy atom. The monoisotopic (exact) mass is 436 g/mol. The molecule has 1 aromatic rings. The Morgan fingerprint density at radius 2 is 1.25 bits per heavy atom. The van der Waals surface area contributed by atoms with Crippen molar-refractivity contribution >= 4 is 5.97 Å². The Balaban J connectivity index is 3.14.